The number of hydrogen-bond donors (Lipinski definition) is 1. The minimum absolute atomic E-state index is 0.705. The first-order chi connectivity index (χ1) is 8.58. The van der Waals surface area contributed by atoms with Crippen LogP contribution in [0.3, 0.4) is 0 Å². The quantitative estimate of drug-likeness (QED) is 0.902. The van der Waals surface area contributed by atoms with Crippen molar-refractivity contribution in [2.24, 2.45) is 7.05 Å². The molecule has 2 rings (SSSR count). The monoisotopic (exact) mass is 244 g/mol. The molecule has 2 aromatic rings. The lowest BCUT2D eigenvalue weighted by atomic mass is 10.0. The van der Waals surface area contributed by atoms with E-state index in [1.54, 1.807) is 6.20 Å². The Balaban J connectivity index is 2.69. The van der Waals surface area contributed by atoms with Crippen molar-refractivity contribution in [3.05, 3.63) is 29.2 Å². The molecule has 4 heteroatoms. The maximum Gasteiger partial charge on any atom is 0.0770 e. The summed E-state index contributed by atoms with van der Waals surface area (Å²) in [6.07, 6.45) is 3.58. The highest BCUT2D eigenvalue weighted by Gasteiger charge is 2.18. The number of hydrogen-bond acceptors (Lipinski definition) is 3. The molecule has 96 valence electrons. The molecule has 0 unspecified atom stereocenters. The van der Waals surface area contributed by atoms with Gasteiger partial charge in [0.2, 0.25) is 0 Å². The summed E-state index contributed by atoms with van der Waals surface area (Å²) < 4.78 is 1.96. The Morgan fingerprint density at radius 3 is 2.56 bits per heavy atom. The van der Waals surface area contributed by atoms with Crippen LogP contribution in [0.4, 0.5) is 5.69 Å². The summed E-state index contributed by atoms with van der Waals surface area (Å²) >= 11 is 0. The molecule has 18 heavy (non-hydrogen) atoms. The Morgan fingerprint density at radius 2 is 2.00 bits per heavy atom. The van der Waals surface area contributed by atoms with Gasteiger partial charge in [0.1, 0.15) is 0 Å². The third kappa shape index (κ3) is 1.98. The first-order valence-corrected chi connectivity index (χ1v) is 6.35. The molecule has 4 nitrogen and oxygen atoms in total. The molecular weight excluding hydrogens is 224 g/mol. The normalized spacial score (nSPS) is 10.9. The first kappa shape index (κ1) is 12.6. The van der Waals surface area contributed by atoms with Crippen LogP contribution in [-0.4, -0.2) is 14.8 Å². The van der Waals surface area contributed by atoms with Crippen LogP contribution in [0.1, 0.15) is 30.8 Å². The summed E-state index contributed by atoms with van der Waals surface area (Å²) in [5, 5.41) is 4.59. The fourth-order valence-electron chi connectivity index (χ4n) is 2.40. The summed E-state index contributed by atoms with van der Waals surface area (Å²) in [5.41, 5.74) is 12.1. The lowest BCUT2D eigenvalue weighted by Crippen LogP contribution is -1.99. The Morgan fingerprint density at radius 1 is 1.28 bits per heavy atom. The average Bonchev–Trinajstić information content (AvgIpc) is 2.65. The second kappa shape index (κ2) is 4.80. The fraction of sp³-hybridized carbons (Fsp3) is 0.429. The summed E-state index contributed by atoms with van der Waals surface area (Å²) in [7, 11) is 1.99. The molecule has 0 amide bonds. The highest BCUT2D eigenvalue weighted by Crippen LogP contribution is 2.29. The summed E-state index contributed by atoms with van der Waals surface area (Å²) in [6, 6.07) is 1.97. The van der Waals surface area contributed by atoms with Crippen LogP contribution in [-0.2, 0) is 19.9 Å². The molecule has 0 saturated carbocycles. The molecule has 0 saturated heterocycles. The van der Waals surface area contributed by atoms with Gasteiger partial charge in [-0.05, 0) is 31.4 Å². The molecule has 0 aliphatic rings. The third-order valence-electron chi connectivity index (χ3n) is 3.24. The van der Waals surface area contributed by atoms with Gasteiger partial charge in [-0.2, -0.15) is 5.10 Å². The molecule has 0 spiro atoms. The number of aromatic nitrogens is 3. The molecule has 0 bridgehead atoms. The maximum atomic E-state index is 5.77. The van der Waals surface area contributed by atoms with Gasteiger partial charge in [-0.25, -0.2) is 0 Å². The van der Waals surface area contributed by atoms with Gasteiger partial charge in [0.25, 0.3) is 0 Å². The summed E-state index contributed by atoms with van der Waals surface area (Å²) in [4.78, 5) is 4.50. The van der Waals surface area contributed by atoms with Gasteiger partial charge < -0.3 is 5.73 Å². The van der Waals surface area contributed by atoms with Crippen LogP contribution in [0.5, 0.6) is 0 Å². The number of pyridine rings is 1. The van der Waals surface area contributed by atoms with Crippen LogP contribution in [0.15, 0.2) is 12.3 Å². The summed E-state index contributed by atoms with van der Waals surface area (Å²) in [5.74, 6) is 0. The first-order valence-electron chi connectivity index (χ1n) is 6.35. The lowest BCUT2D eigenvalue weighted by molar-refractivity contribution is 0.705. The smallest absolute Gasteiger partial charge is 0.0770 e. The van der Waals surface area contributed by atoms with E-state index in [0.29, 0.717) is 5.69 Å². The van der Waals surface area contributed by atoms with E-state index in [1.807, 2.05) is 24.7 Å². The Hall–Kier alpha value is -1.84. The van der Waals surface area contributed by atoms with Gasteiger partial charge in [0, 0.05) is 18.3 Å². The van der Waals surface area contributed by atoms with E-state index >= 15 is 0 Å². The molecule has 0 aliphatic heterocycles. The Labute approximate surface area is 108 Å². The predicted octanol–water partition coefficient (Wildman–Crippen LogP) is 2.50. The largest absolute Gasteiger partial charge is 0.397 e. The topological polar surface area (TPSA) is 56.7 Å². The van der Waals surface area contributed by atoms with E-state index in [0.717, 1.165) is 29.8 Å². The van der Waals surface area contributed by atoms with Crippen LogP contribution >= 0.6 is 0 Å². The predicted molar refractivity (Wildman–Crippen MR) is 74.3 cm³/mol. The minimum Gasteiger partial charge on any atom is -0.397 e. The number of nitrogens with two attached hydrogens (primary N) is 1. The number of aryl methyl sites for hydroxylation is 3. The zero-order valence-electron chi connectivity index (χ0n) is 11.5. The minimum atomic E-state index is 0.705. The van der Waals surface area contributed by atoms with Crippen molar-refractivity contribution in [3.63, 3.8) is 0 Å². The molecule has 2 N–H and O–H groups in total. The van der Waals surface area contributed by atoms with E-state index in [9.17, 15) is 0 Å². The lowest BCUT2D eigenvalue weighted by Gasteiger charge is -2.08. The van der Waals surface area contributed by atoms with E-state index in [4.69, 9.17) is 5.73 Å². The molecule has 0 aromatic carbocycles. The van der Waals surface area contributed by atoms with Crippen molar-refractivity contribution in [2.75, 3.05) is 5.73 Å². The Kier molecular flexibility index (Phi) is 3.36. The molecule has 2 aromatic heterocycles. The van der Waals surface area contributed by atoms with Crippen LogP contribution in [0.2, 0.25) is 0 Å². The second-order valence-corrected chi connectivity index (χ2v) is 4.53. The van der Waals surface area contributed by atoms with E-state index in [1.165, 1.54) is 11.3 Å². The number of anilines is 1. The second-order valence-electron chi connectivity index (χ2n) is 4.53. The van der Waals surface area contributed by atoms with Crippen molar-refractivity contribution in [1.82, 2.24) is 14.8 Å². The average molecular weight is 244 g/mol. The number of nitrogens with zero attached hydrogens (tertiary/aromatic N) is 3. The third-order valence-corrected chi connectivity index (χ3v) is 3.24. The summed E-state index contributed by atoms with van der Waals surface area (Å²) in [6.45, 7) is 6.31. The van der Waals surface area contributed by atoms with Crippen molar-refractivity contribution in [2.45, 2.75) is 33.6 Å². The van der Waals surface area contributed by atoms with E-state index in [-0.39, 0.29) is 0 Å². The van der Waals surface area contributed by atoms with E-state index < -0.39 is 0 Å². The van der Waals surface area contributed by atoms with Crippen molar-refractivity contribution < 1.29 is 0 Å². The van der Waals surface area contributed by atoms with Crippen LogP contribution in [0.25, 0.3) is 11.3 Å². The van der Waals surface area contributed by atoms with E-state index in [2.05, 4.69) is 23.9 Å². The molecule has 0 aliphatic carbocycles. The van der Waals surface area contributed by atoms with Gasteiger partial charge >= 0.3 is 0 Å². The maximum absolute atomic E-state index is 5.77. The Bertz CT molecular complexity index is 569. The fourth-order valence-corrected chi connectivity index (χ4v) is 2.40. The van der Waals surface area contributed by atoms with Gasteiger partial charge in [-0.15, -0.1) is 0 Å². The number of nitrogen functional groups attached to an aromatic ring is 1. The van der Waals surface area contributed by atoms with Crippen LogP contribution < -0.4 is 5.73 Å². The molecular formula is C14H20N4. The molecule has 0 radical (unpaired) electrons. The van der Waals surface area contributed by atoms with Crippen molar-refractivity contribution >= 4 is 5.69 Å². The molecule has 0 atom stereocenters. The molecule has 2 heterocycles. The van der Waals surface area contributed by atoms with Gasteiger partial charge in [-0.3, -0.25) is 9.67 Å². The highest BCUT2D eigenvalue weighted by atomic mass is 15.3. The molecule has 0 fully saturated rings. The van der Waals surface area contributed by atoms with Gasteiger partial charge in [-0.1, -0.05) is 13.8 Å². The van der Waals surface area contributed by atoms with Crippen LogP contribution in [0, 0.1) is 6.92 Å². The van der Waals surface area contributed by atoms with Crippen molar-refractivity contribution in [3.8, 4) is 11.3 Å². The van der Waals surface area contributed by atoms with Gasteiger partial charge in [0.15, 0.2) is 0 Å². The highest BCUT2D eigenvalue weighted by molar-refractivity contribution is 5.69. The zero-order valence-corrected chi connectivity index (χ0v) is 11.5. The van der Waals surface area contributed by atoms with Crippen molar-refractivity contribution in [1.29, 1.82) is 0 Å². The standard InChI is InChI=1S/C14H20N4/c1-5-11-13(12(6-2)18(4)17-11)14-9(3)7-10(15)8-16-14/h7-8H,5-6,15H2,1-4H3. The van der Waals surface area contributed by atoms with Gasteiger partial charge in [0.05, 0.1) is 23.3 Å². The zero-order chi connectivity index (χ0) is 13.3. The SMILES string of the molecule is CCc1nn(C)c(CC)c1-c1ncc(N)cc1C. The number of rotatable bonds is 3.